The number of anilines is 1. The average Bonchev–Trinajstić information content (AvgIpc) is 3.34. The maximum absolute atomic E-state index is 5.97. The van der Waals surface area contributed by atoms with Gasteiger partial charge in [0, 0.05) is 16.8 Å². The van der Waals surface area contributed by atoms with Crippen molar-refractivity contribution in [2.45, 2.75) is 6.61 Å². The Morgan fingerprint density at radius 1 is 0.765 bits per heavy atom. The molecule has 5 nitrogen and oxygen atoms in total. The van der Waals surface area contributed by atoms with E-state index in [-0.39, 0.29) is 0 Å². The lowest BCUT2D eigenvalue weighted by atomic mass is 10.1. The molecule has 4 aromatic carbocycles. The number of para-hydroxylation sites is 2. The number of aromatic nitrogens is 2. The molecule has 0 unspecified atom stereocenters. The smallest absolute Gasteiger partial charge is 0.144 e. The minimum Gasteiger partial charge on any atom is -0.494 e. The highest BCUT2D eigenvalue weighted by Gasteiger charge is 2.16. The zero-order chi connectivity index (χ0) is 23.3. The van der Waals surface area contributed by atoms with E-state index in [1.54, 1.807) is 7.11 Å². The number of ether oxygens (including phenoxy) is 2. The van der Waals surface area contributed by atoms with Crippen molar-refractivity contribution in [3.63, 3.8) is 0 Å². The van der Waals surface area contributed by atoms with Crippen LogP contribution in [0.2, 0.25) is 0 Å². The molecule has 0 radical (unpaired) electrons. The number of benzene rings is 4. The Bertz CT molecular complexity index is 1380. The quantitative estimate of drug-likeness (QED) is 0.294. The van der Waals surface area contributed by atoms with Gasteiger partial charge in [0.1, 0.15) is 23.8 Å². The van der Waals surface area contributed by atoms with Crippen LogP contribution in [0.4, 0.5) is 5.69 Å². The molecule has 168 valence electrons. The van der Waals surface area contributed by atoms with Gasteiger partial charge >= 0.3 is 0 Å². The van der Waals surface area contributed by atoms with E-state index < -0.39 is 0 Å². The first-order valence-corrected chi connectivity index (χ1v) is 11.1. The van der Waals surface area contributed by atoms with E-state index in [0.29, 0.717) is 6.61 Å². The predicted molar refractivity (Wildman–Crippen MR) is 136 cm³/mol. The van der Waals surface area contributed by atoms with Crippen LogP contribution in [-0.2, 0) is 6.61 Å². The number of hydrogen-bond donors (Lipinski definition) is 1. The highest BCUT2D eigenvalue weighted by Crippen LogP contribution is 2.33. The second-order valence-electron chi connectivity index (χ2n) is 7.92. The van der Waals surface area contributed by atoms with Crippen molar-refractivity contribution >= 4 is 5.69 Å². The highest BCUT2D eigenvalue weighted by molar-refractivity contribution is 5.72. The standard InChI is InChI=1S/C29H25N3O2/c1-33-29-10-6-5-9-27(29)32-28(19-26(31-32)22-11-15-24(30)16-12-22)23-13-17-25(18-14-23)34-20-21-7-3-2-4-8-21/h2-19H,20,30H2,1H3. The first kappa shape index (κ1) is 21.3. The molecule has 0 amide bonds. The number of nitrogens with zero attached hydrogens (tertiary/aromatic N) is 2. The third-order valence-corrected chi connectivity index (χ3v) is 5.63. The Morgan fingerprint density at radius 2 is 1.44 bits per heavy atom. The molecule has 1 heterocycles. The van der Waals surface area contributed by atoms with Gasteiger partial charge in [-0.2, -0.15) is 5.10 Å². The summed E-state index contributed by atoms with van der Waals surface area (Å²) in [5.74, 6) is 1.56. The number of hydrogen-bond acceptors (Lipinski definition) is 4. The molecule has 2 N–H and O–H groups in total. The molecule has 0 aliphatic rings. The van der Waals surface area contributed by atoms with E-state index in [2.05, 4.69) is 30.3 Å². The number of nitrogen functional groups attached to an aromatic ring is 1. The average molecular weight is 448 g/mol. The molecule has 0 saturated heterocycles. The molecule has 5 heteroatoms. The van der Waals surface area contributed by atoms with Crippen LogP contribution in [0.25, 0.3) is 28.2 Å². The van der Waals surface area contributed by atoms with E-state index in [9.17, 15) is 0 Å². The van der Waals surface area contributed by atoms with E-state index in [0.717, 1.165) is 51.0 Å². The molecule has 1 aromatic heterocycles. The molecule has 0 atom stereocenters. The number of rotatable bonds is 7. The van der Waals surface area contributed by atoms with Crippen molar-refractivity contribution in [1.82, 2.24) is 9.78 Å². The van der Waals surface area contributed by atoms with E-state index in [1.807, 2.05) is 83.5 Å². The Kier molecular flexibility index (Phi) is 5.99. The molecule has 0 saturated carbocycles. The topological polar surface area (TPSA) is 62.3 Å². The first-order valence-electron chi connectivity index (χ1n) is 11.1. The summed E-state index contributed by atoms with van der Waals surface area (Å²) in [5, 5.41) is 4.93. The monoisotopic (exact) mass is 447 g/mol. The van der Waals surface area contributed by atoms with Crippen molar-refractivity contribution in [2.24, 2.45) is 0 Å². The van der Waals surface area contributed by atoms with Gasteiger partial charge in [-0.15, -0.1) is 0 Å². The van der Waals surface area contributed by atoms with Gasteiger partial charge in [0.25, 0.3) is 0 Å². The predicted octanol–water partition coefficient (Wildman–Crippen LogP) is 6.38. The van der Waals surface area contributed by atoms with Crippen molar-refractivity contribution in [1.29, 1.82) is 0 Å². The van der Waals surface area contributed by atoms with Crippen LogP contribution in [0.3, 0.4) is 0 Å². The Hall–Kier alpha value is -4.51. The highest BCUT2D eigenvalue weighted by atomic mass is 16.5. The first-order chi connectivity index (χ1) is 16.7. The normalized spacial score (nSPS) is 10.7. The molecule has 0 fully saturated rings. The zero-order valence-corrected chi connectivity index (χ0v) is 18.9. The SMILES string of the molecule is COc1ccccc1-n1nc(-c2ccc(N)cc2)cc1-c1ccc(OCc2ccccc2)cc1. The molecular formula is C29H25N3O2. The van der Waals surface area contributed by atoms with Gasteiger partial charge in [0.05, 0.1) is 18.5 Å². The maximum Gasteiger partial charge on any atom is 0.144 e. The molecule has 0 spiro atoms. The van der Waals surface area contributed by atoms with Gasteiger partial charge in [-0.05, 0) is 60.2 Å². The Morgan fingerprint density at radius 3 is 2.18 bits per heavy atom. The van der Waals surface area contributed by atoms with E-state index >= 15 is 0 Å². The van der Waals surface area contributed by atoms with Crippen LogP contribution in [-0.4, -0.2) is 16.9 Å². The summed E-state index contributed by atoms with van der Waals surface area (Å²) in [7, 11) is 1.67. The second kappa shape index (κ2) is 9.55. The van der Waals surface area contributed by atoms with Crippen LogP contribution in [0.5, 0.6) is 11.5 Å². The van der Waals surface area contributed by atoms with Crippen molar-refractivity contribution in [3.05, 3.63) is 115 Å². The third kappa shape index (κ3) is 4.50. The minimum atomic E-state index is 0.528. The minimum absolute atomic E-state index is 0.528. The fourth-order valence-corrected chi connectivity index (χ4v) is 3.83. The van der Waals surface area contributed by atoms with Gasteiger partial charge in [-0.25, -0.2) is 4.68 Å². The van der Waals surface area contributed by atoms with Crippen molar-refractivity contribution in [3.8, 4) is 39.7 Å². The maximum atomic E-state index is 5.97. The zero-order valence-electron chi connectivity index (χ0n) is 18.9. The lowest BCUT2D eigenvalue weighted by molar-refractivity contribution is 0.306. The summed E-state index contributed by atoms with van der Waals surface area (Å²) in [6.45, 7) is 0.528. The fraction of sp³-hybridized carbons (Fsp3) is 0.0690. The van der Waals surface area contributed by atoms with Gasteiger partial charge in [0.15, 0.2) is 0 Å². The van der Waals surface area contributed by atoms with Crippen LogP contribution >= 0.6 is 0 Å². The van der Waals surface area contributed by atoms with Crippen molar-refractivity contribution in [2.75, 3.05) is 12.8 Å². The third-order valence-electron chi connectivity index (χ3n) is 5.63. The molecule has 0 aliphatic heterocycles. The summed E-state index contributed by atoms with van der Waals surface area (Å²) in [4.78, 5) is 0. The molecule has 0 bridgehead atoms. The molecule has 0 aliphatic carbocycles. The lowest BCUT2D eigenvalue weighted by Gasteiger charge is -2.12. The molecule has 5 rings (SSSR count). The molecule has 5 aromatic rings. The summed E-state index contributed by atoms with van der Waals surface area (Å²) in [5.41, 5.74) is 12.4. The molecular weight excluding hydrogens is 422 g/mol. The summed E-state index contributed by atoms with van der Waals surface area (Å²) in [6.07, 6.45) is 0. The van der Waals surface area contributed by atoms with Gasteiger partial charge in [0.2, 0.25) is 0 Å². The van der Waals surface area contributed by atoms with Crippen LogP contribution < -0.4 is 15.2 Å². The lowest BCUT2D eigenvalue weighted by Crippen LogP contribution is -2.02. The van der Waals surface area contributed by atoms with Gasteiger partial charge in [-0.3, -0.25) is 0 Å². The van der Waals surface area contributed by atoms with Gasteiger partial charge in [-0.1, -0.05) is 54.6 Å². The van der Waals surface area contributed by atoms with Gasteiger partial charge < -0.3 is 15.2 Å². The molecule has 34 heavy (non-hydrogen) atoms. The summed E-state index contributed by atoms with van der Waals surface area (Å²) >= 11 is 0. The second-order valence-corrected chi connectivity index (χ2v) is 7.92. The Balaban J connectivity index is 1.51. The number of methoxy groups -OCH3 is 1. The van der Waals surface area contributed by atoms with E-state index in [4.69, 9.17) is 20.3 Å². The number of nitrogens with two attached hydrogens (primary N) is 1. The van der Waals surface area contributed by atoms with Crippen LogP contribution in [0, 0.1) is 0 Å². The fourth-order valence-electron chi connectivity index (χ4n) is 3.83. The Labute approximate surface area is 199 Å². The largest absolute Gasteiger partial charge is 0.494 e. The van der Waals surface area contributed by atoms with Crippen LogP contribution in [0.1, 0.15) is 5.56 Å². The van der Waals surface area contributed by atoms with Crippen LogP contribution in [0.15, 0.2) is 109 Å². The van der Waals surface area contributed by atoms with E-state index in [1.165, 1.54) is 0 Å². The summed E-state index contributed by atoms with van der Waals surface area (Å²) < 4.78 is 13.5. The van der Waals surface area contributed by atoms with Crippen molar-refractivity contribution < 1.29 is 9.47 Å². The summed E-state index contributed by atoms with van der Waals surface area (Å²) in [6, 6.07) is 35.9.